The van der Waals surface area contributed by atoms with Crippen molar-refractivity contribution in [2.45, 2.75) is 38.9 Å². The molecule has 1 aliphatic carbocycles. The smallest absolute Gasteiger partial charge is 0.435 e. The van der Waals surface area contributed by atoms with Gasteiger partial charge in [0.2, 0.25) is 5.82 Å². The van der Waals surface area contributed by atoms with Gasteiger partial charge in [-0.2, -0.15) is 13.2 Å². The van der Waals surface area contributed by atoms with E-state index in [0.29, 0.717) is 5.41 Å². The number of halogens is 3. The van der Waals surface area contributed by atoms with Gasteiger partial charge in [-0.15, -0.1) is 0 Å². The molecule has 0 radical (unpaired) electrons. The molecule has 1 spiro atoms. The second-order valence-electron chi connectivity index (χ2n) is 6.09. The molecule has 1 aliphatic heterocycles. The number of aromatic amines is 1. The molecule has 8 heteroatoms. The van der Waals surface area contributed by atoms with E-state index in [1.165, 1.54) is 0 Å². The van der Waals surface area contributed by atoms with Crippen molar-refractivity contribution >= 4 is 5.97 Å². The van der Waals surface area contributed by atoms with E-state index >= 15 is 0 Å². The van der Waals surface area contributed by atoms with Gasteiger partial charge in [-0.3, -0.25) is 4.90 Å². The summed E-state index contributed by atoms with van der Waals surface area (Å²) in [4.78, 5) is 19.5. The van der Waals surface area contributed by atoms with E-state index in [-0.39, 0.29) is 24.7 Å². The lowest BCUT2D eigenvalue weighted by Gasteiger charge is -2.16. The van der Waals surface area contributed by atoms with Crippen molar-refractivity contribution in [3.8, 4) is 0 Å². The highest BCUT2D eigenvalue weighted by atomic mass is 19.4. The molecular formula is C14H18F3N3O2. The fourth-order valence-corrected chi connectivity index (χ4v) is 3.03. The van der Waals surface area contributed by atoms with Gasteiger partial charge in [0, 0.05) is 13.1 Å². The maximum absolute atomic E-state index is 13.1. The molecule has 2 fully saturated rings. The Bertz CT molecular complexity index is 578. The number of ether oxygens (including phenoxy) is 1. The molecule has 0 bridgehead atoms. The van der Waals surface area contributed by atoms with E-state index in [1.54, 1.807) is 6.92 Å². The van der Waals surface area contributed by atoms with Crippen LogP contribution in [0.25, 0.3) is 0 Å². The highest BCUT2D eigenvalue weighted by Gasteiger charge is 2.48. The molecule has 0 atom stereocenters. The molecule has 0 unspecified atom stereocenters. The van der Waals surface area contributed by atoms with Crippen LogP contribution in [0.3, 0.4) is 0 Å². The van der Waals surface area contributed by atoms with Crippen molar-refractivity contribution in [2.75, 3.05) is 19.7 Å². The van der Waals surface area contributed by atoms with E-state index in [4.69, 9.17) is 4.74 Å². The van der Waals surface area contributed by atoms with Crippen molar-refractivity contribution in [2.24, 2.45) is 5.41 Å². The molecule has 2 aliphatic rings. The second-order valence-corrected chi connectivity index (χ2v) is 6.09. The lowest BCUT2D eigenvalue weighted by Crippen LogP contribution is -2.22. The summed E-state index contributed by atoms with van der Waals surface area (Å²) >= 11 is 0. The van der Waals surface area contributed by atoms with Crippen molar-refractivity contribution in [3.63, 3.8) is 0 Å². The molecule has 1 saturated heterocycles. The number of nitrogens with zero attached hydrogens (tertiary/aromatic N) is 2. The van der Waals surface area contributed by atoms with Crippen LogP contribution in [0.1, 0.15) is 48.2 Å². The normalized spacial score (nSPS) is 20.5. The van der Waals surface area contributed by atoms with Crippen LogP contribution in [0.2, 0.25) is 0 Å². The summed E-state index contributed by atoms with van der Waals surface area (Å²) in [6, 6.07) is 0. The molecule has 3 rings (SSSR count). The molecule has 2 heterocycles. The van der Waals surface area contributed by atoms with Gasteiger partial charge in [0.15, 0.2) is 5.69 Å². The van der Waals surface area contributed by atoms with Crippen LogP contribution in [0, 0.1) is 5.41 Å². The Hall–Kier alpha value is -1.57. The number of aromatic nitrogens is 2. The Morgan fingerprint density at radius 2 is 2.14 bits per heavy atom. The van der Waals surface area contributed by atoms with Crippen LogP contribution in [0.4, 0.5) is 13.2 Å². The lowest BCUT2D eigenvalue weighted by molar-refractivity contribution is -0.141. The first-order chi connectivity index (χ1) is 10.3. The van der Waals surface area contributed by atoms with Gasteiger partial charge in [-0.25, -0.2) is 9.78 Å². The number of hydrogen-bond acceptors (Lipinski definition) is 4. The monoisotopic (exact) mass is 317 g/mol. The number of imidazole rings is 1. The number of esters is 1. The minimum Gasteiger partial charge on any atom is -0.460 e. The molecular weight excluding hydrogens is 299 g/mol. The largest absolute Gasteiger partial charge is 0.460 e. The third-order valence-corrected chi connectivity index (χ3v) is 4.37. The van der Waals surface area contributed by atoms with E-state index in [1.807, 2.05) is 4.90 Å². The Labute approximate surface area is 125 Å². The third-order valence-electron chi connectivity index (χ3n) is 4.37. The van der Waals surface area contributed by atoms with Gasteiger partial charge in [-0.05, 0) is 38.1 Å². The van der Waals surface area contributed by atoms with Crippen LogP contribution < -0.4 is 0 Å². The van der Waals surface area contributed by atoms with Crippen LogP contribution >= 0.6 is 0 Å². The van der Waals surface area contributed by atoms with Crippen molar-refractivity contribution < 1.29 is 22.7 Å². The number of H-pyrrole nitrogens is 1. The number of hydrogen-bond donors (Lipinski definition) is 1. The number of rotatable bonds is 4. The summed E-state index contributed by atoms with van der Waals surface area (Å²) in [5.74, 6) is -1.25. The molecule has 0 aromatic carbocycles. The van der Waals surface area contributed by atoms with Crippen molar-refractivity contribution in [1.82, 2.24) is 14.9 Å². The zero-order valence-electron chi connectivity index (χ0n) is 12.3. The summed E-state index contributed by atoms with van der Waals surface area (Å²) in [5.41, 5.74) is -0.747. The van der Waals surface area contributed by atoms with Crippen LogP contribution in [0.5, 0.6) is 0 Å². The molecule has 0 amide bonds. The molecule has 1 aromatic heterocycles. The van der Waals surface area contributed by atoms with E-state index in [9.17, 15) is 18.0 Å². The van der Waals surface area contributed by atoms with Gasteiger partial charge < -0.3 is 9.72 Å². The second kappa shape index (κ2) is 5.26. The number of carbonyl (C=O) groups excluding carboxylic acids is 1. The van der Waals surface area contributed by atoms with Crippen molar-refractivity contribution in [3.05, 3.63) is 17.2 Å². The number of carbonyl (C=O) groups is 1. The first-order valence-electron chi connectivity index (χ1n) is 7.38. The standard InChI is InChI=1S/C14H18F3N3O2/c1-2-22-12(21)11-18-9(10(19-11)14(15,16)17)7-20-6-5-13(8-20)3-4-13/h2-8H2,1H3,(H,18,19). The molecule has 122 valence electrons. The molecule has 1 aromatic rings. The number of alkyl halides is 3. The maximum atomic E-state index is 13.1. The van der Waals surface area contributed by atoms with Gasteiger partial charge >= 0.3 is 12.1 Å². The highest BCUT2D eigenvalue weighted by molar-refractivity contribution is 5.85. The predicted molar refractivity (Wildman–Crippen MR) is 71.1 cm³/mol. The maximum Gasteiger partial charge on any atom is 0.435 e. The SMILES string of the molecule is CCOC(=O)c1nc(C(F)(F)F)c(CN2CCC3(CC3)C2)[nH]1. The molecule has 22 heavy (non-hydrogen) atoms. The number of likely N-dealkylation sites (tertiary alicyclic amines) is 1. The first-order valence-corrected chi connectivity index (χ1v) is 7.38. The van der Waals surface area contributed by atoms with Gasteiger partial charge in [0.1, 0.15) is 0 Å². The minimum atomic E-state index is -4.59. The average Bonchev–Trinajstić information content (AvgIpc) is 2.86. The molecule has 1 N–H and O–H groups in total. The fraction of sp³-hybridized carbons (Fsp3) is 0.714. The topological polar surface area (TPSA) is 58.2 Å². The summed E-state index contributed by atoms with van der Waals surface area (Å²) in [6.45, 7) is 3.41. The Kier molecular flexibility index (Phi) is 3.66. The molecule has 5 nitrogen and oxygen atoms in total. The zero-order valence-corrected chi connectivity index (χ0v) is 12.3. The van der Waals surface area contributed by atoms with Crippen molar-refractivity contribution in [1.29, 1.82) is 0 Å². The summed E-state index contributed by atoms with van der Waals surface area (Å²) < 4.78 is 44.0. The average molecular weight is 317 g/mol. The summed E-state index contributed by atoms with van der Waals surface area (Å²) in [7, 11) is 0. The van der Waals surface area contributed by atoms with Gasteiger partial charge in [-0.1, -0.05) is 0 Å². The van der Waals surface area contributed by atoms with Gasteiger partial charge in [0.05, 0.1) is 12.3 Å². The van der Waals surface area contributed by atoms with E-state index < -0.39 is 17.8 Å². The van der Waals surface area contributed by atoms with Crippen LogP contribution in [-0.2, 0) is 17.5 Å². The highest BCUT2D eigenvalue weighted by Crippen LogP contribution is 2.52. The quantitative estimate of drug-likeness (QED) is 0.867. The van der Waals surface area contributed by atoms with E-state index in [2.05, 4.69) is 9.97 Å². The minimum absolute atomic E-state index is 0.0618. The Balaban J connectivity index is 1.80. The number of nitrogens with one attached hydrogen (secondary N) is 1. The molecule has 1 saturated carbocycles. The Morgan fingerprint density at radius 3 is 2.68 bits per heavy atom. The lowest BCUT2D eigenvalue weighted by atomic mass is 10.1. The van der Waals surface area contributed by atoms with Gasteiger partial charge in [0.25, 0.3) is 0 Å². The fourth-order valence-electron chi connectivity index (χ4n) is 3.03. The third kappa shape index (κ3) is 2.97. The van der Waals surface area contributed by atoms with Crippen LogP contribution in [-0.4, -0.2) is 40.5 Å². The van der Waals surface area contributed by atoms with E-state index in [0.717, 1.165) is 32.4 Å². The first kappa shape index (κ1) is 15.3. The predicted octanol–water partition coefficient (Wildman–Crippen LogP) is 2.59. The summed E-state index contributed by atoms with van der Waals surface area (Å²) in [5, 5.41) is 0. The summed E-state index contributed by atoms with van der Waals surface area (Å²) in [6.07, 6.45) is -1.24. The Morgan fingerprint density at radius 1 is 1.41 bits per heavy atom. The zero-order chi connectivity index (χ0) is 16.0. The van der Waals surface area contributed by atoms with Crippen LogP contribution in [0.15, 0.2) is 0 Å².